The van der Waals surface area contributed by atoms with E-state index in [1.807, 2.05) is 26.0 Å². The Bertz CT molecular complexity index is 475. The van der Waals surface area contributed by atoms with Gasteiger partial charge in [0.25, 0.3) is 11.8 Å². The van der Waals surface area contributed by atoms with Gasteiger partial charge < -0.3 is 4.74 Å². The SMILES string of the molecule is CC1C=CC(C)[C@@H]2C(=O)N(OC(=O)OC(C)(C)C)C(=O)[C@H]12. The fraction of sp³-hybridized carbons (Fsp3) is 0.667. The summed E-state index contributed by atoms with van der Waals surface area (Å²) in [6.07, 6.45) is 2.80. The Balaban J connectivity index is 2.15. The van der Waals surface area contributed by atoms with Crippen molar-refractivity contribution in [2.24, 2.45) is 23.7 Å². The molecule has 1 heterocycles. The molecular formula is C15H21NO5. The third-order valence-corrected chi connectivity index (χ3v) is 3.76. The molecule has 6 nitrogen and oxygen atoms in total. The molecule has 0 aromatic heterocycles. The molecule has 2 aliphatic rings. The Hall–Kier alpha value is -1.85. The van der Waals surface area contributed by atoms with Gasteiger partial charge in [-0.15, -0.1) is 0 Å². The second-order valence-electron chi connectivity index (χ2n) is 6.68. The number of hydrogen-bond donors (Lipinski definition) is 0. The summed E-state index contributed by atoms with van der Waals surface area (Å²) < 4.78 is 4.98. The van der Waals surface area contributed by atoms with Crippen LogP contribution in [0.2, 0.25) is 0 Å². The monoisotopic (exact) mass is 295 g/mol. The van der Waals surface area contributed by atoms with E-state index < -0.39 is 35.4 Å². The molecule has 0 spiro atoms. The summed E-state index contributed by atoms with van der Waals surface area (Å²) in [6.45, 7) is 8.78. The maximum Gasteiger partial charge on any atom is 0.534 e. The Morgan fingerprint density at radius 2 is 1.48 bits per heavy atom. The summed E-state index contributed by atoms with van der Waals surface area (Å²) in [5.41, 5.74) is -0.752. The number of fused-ring (bicyclic) bond motifs is 1. The largest absolute Gasteiger partial charge is 0.534 e. The number of amides is 2. The molecule has 1 fully saturated rings. The lowest BCUT2D eigenvalue weighted by molar-refractivity contribution is -0.182. The highest BCUT2D eigenvalue weighted by atomic mass is 16.8. The van der Waals surface area contributed by atoms with E-state index in [2.05, 4.69) is 0 Å². The zero-order valence-electron chi connectivity index (χ0n) is 13.0. The summed E-state index contributed by atoms with van der Waals surface area (Å²) in [5, 5.41) is 0.573. The fourth-order valence-corrected chi connectivity index (χ4v) is 2.81. The quantitative estimate of drug-likeness (QED) is 0.421. The second kappa shape index (κ2) is 5.16. The van der Waals surface area contributed by atoms with Crippen molar-refractivity contribution in [1.82, 2.24) is 5.06 Å². The van der Waals surface area contributed by atoms with Crippen LogP contribution in [-0.4, -0.2) is 28.6 Å². The zero-order valence-corrected chi connectivity index (χ0v) is 13.0. The summed E-state index contributed by atoms with van der Waals surface area (Å²) in [6, 6.07) is 0. The van der Waals surface area contributed by atoms with Crippen LogP contribution in [0.25, 0.3) is 0 Å². The third-order valence-electron chi connectivity index (χ3n) is 3.76. The van der Waals surface area contributed by atoms with Crippen LogP contribution in [0.3, 0.4) is 0 Å². The Kier molecular flexibility index (Phi) is 3.82. The summed E-state index contributed by atoms with van der Waals surface area (Å²) >= 11 is 0. The summed E-state index contributed by atoms with van der Waals surface area (Å²) in [4.78, 5) is 41.2. The van der Waals surface area contributed by atoms with Gasteiger partial charge in [-0.25, -0.2) is 4.79 Å². The lowest BCUT2D eigenvalue weighted by Crippen LogP contribution is -2.36. The fourth-order valence-electron chi connectivity index (χ4n) is 2.81. The van der Waals surface area contributed by atoms with Gasteiger partial charge >= 0.3 is 6.16 Å². The molecule has 2 amide bonds. The molecule has 0 bridgehead atoms. The zero-order chi connectivity index (χ0) is 15.9. The predicted octanol–water partition coefficient (Wildman–Crippen LogP) is 2.30. The van der Waals surface area contributed by atoms with Crippen molar-refractivity contribution < 1.29 is 24.0 Å². The van der Waals surface area contributed by atoms with Crippen LogP contribution < -0.4 is 0 Å². The van der Waals surface area contributed by atoms with Gasteiger partial charge in [-0.1, -0.05) is 31.1 Å². The molecule has 0 N–H and O–H groups in total. The molecule has 0 aromatic carbocycles. The van der Waals surface area contributed by atoms with Crippen LogP contribution >= 0.6 is 0 Å². The van der Waals surface area contributed by atoms with Gasteiger partial charge in [0, 0.05) is 0 Å². The van der Waals surface area contributed by atoms with Gasteiger partial charge in [-0.3, -0.25) is 14.4 Å². The van der Waals surface area contributed by atoms with E-state index in [9.17, 15) is 14.4 Å². The van der Waals surface area contributed by atoms with Gasteiger partial charge in [-0.2, -0.15) is 0 Å². The number of nitrogens with zero attached hydrogens (tertiary/aromatic N) is 1. The predicted molar refractivity (Wildman–Crippen MR) is 73.6 cm³/mol. The van der Waals surface area contributed by atoms with E-state index in [0.717, 1.165) is 0 Å². The lowest BCUT2D eigenvalue weighted by atomic mass is 9.73. The van der Waals surface area contributed by atoms with E-state index >= 15 is 0 Å². The number of hydroxylamine groups is 2. The van der Waals surface area contributed by atoms with Crippen LogP contribution in [-0.2, 0) is 19.2 Å². The topological polar surface area (TPSA) is 72.9 Å². The van der Waals surface area contributed by atoms with Crippen LogP contribution in [0.4, 0.5) is 4.79 Å². The van der Waals surface area contributed by atoms with Gasteiger partial charge in [0.15, 0.2) is 0 Å². The van der Waals surface area contributed by atoms with Gasteiger partial charge in [-0.05, 0) is 32.6 Å². The van der Waals surface area contributed by atoms with Crippen molar-refractivity contribution in [1.29, 1.82) is 0 Å². The van der Waals surface area contributed by atoms with Crippen molar-refractivity contribution in [3.63, 3.8) is 0 Å². The number of rotatable bonds is 1. The van der Waals surface area contributed by atoms with Crippen LogP contribution in [0.5, 0.6) is 0 Å². The molecule has 2 rings (SSSR count). The first-order valence-corrected chi connectivity index (χ1v) is 7.09. The standard InChI is InChI=1S/C15H21NO5/c1-8-6-7-9(2)11-10(8)12(17)16(13(11)18)21-14(19)20-15(3,4)5/h6-11H,1-5H3/t8?,9?,10-,11+. The molecule has 1 saturated heterocycles. The first-order chi connectivity index (χ1) is 9.61. The normalized spacial score (nSPS) is 32.1. The van der Waals surface area contributed by atoms with Crippen molar-refractivity contribution in [3.8, 4) is 0 Å². The highest BCUT2D eigenvalue weighted by Crippen LogP contribution is 2.41. The van der Waals surface area contributed by atoms with Crippen molar-refractivity contribution in [2.45, 2.75) is 40.2 Å². The summed E-state index contributed by atoms with van der Waals surface area (Å²) in [5.74, 6) is -2.01. The van der Waals surface area contributed by atoms with Gasteiger partial charge in [0.1, 0.15) is 5.60 Å². The lowest BCUT2D eigenvalue weighted by Gasteiger charge is -2.27. The van der Waals surface area contributed by atoms with E-state index in [0.29, 0.717) is 5.06 Å². The average Bonchev–Trinajstić information content (AvgIpc) is 2.57. The Morgan fingerprint density at radius 3 is 1.86 bits per heavy atom. The molecule has 0 aromatic rings. The molecule has 1 aliphatic carbocycles. The highest BCUT2D eigenvalue weighted by Gasteiger charge is 2.54. The molecule has 4 atom stereocenters. The molecule has 116 valence electrons. The number of carbonyl (C=O) groups is 3. The van der Waals surface area contributed by atoms with Crippen molar-refractivity contribution >= 4 is 18.0 Å². The second-order valence-corrected chi connectivity index (χ2v) is 6.68. The van der Waals surface area contributed by atoms with Crippen molar-refractivity contribution in [3.05, 3.63) is 12.2 Å². The van der Waals surface area contributed by atoms with E-state index in [4.69, 9.17) is 9.57 Å². The van der Waals surface area contributed by atoms with Crippen LogP contribution in [0, 0.1) is 23.7 Å². The van der Waals surface area contributed by atoms with E-state index in [-0.39, 0.29) is 11.8 Å². The molecule has 21 heavy (non-hydrogen) atoms. The minimum atomic E-state index is -1.05. The Morgan fingerprint density at radius 1 is 1.05 bits per heavy atom. The Labute approximate surface area is 124 Å². The number of imide groups is 1. The average molecular weight is 295 g/mol. The molecule has 0 radical (unpaired) electrons. The summed E-state index contributed by atoms with van der Waals surface area (Å²) in [7, 11) is 0. The number of hydrogen-bond acceptors (Lipinski definition) is 5. The smallest absolute Gasteiger partial charge is 0.427 e. The molecular weight excluding hydrogens is 274 g/mol. The maximum absolute atomic E-state index is 12.3. The number of allylic oxidation sites excluding steroid dienone is 2. The molecule has 1 aliphatic heterocycles. The minimum Gasteiger partial charge on any atom is -0.427 e. The van der Waals surface area contributed by atoms with Crippen LogP contribution in [0.15, 0.2) is 12.2 Å². The van der Waals surface area contributed by atoms with E-state index in [1.54, 1.807) is 20.8 Å². The highest BCUT2D eigenvalue weighted by molar-refractivity contribution is 6.05. The third kappa shape index (κ3) is 2.94. The van der Waals surface area contributed by atoms with Gasteiger partial charge in [0.2, 0.25) is 0 Å². The maximum atomic E-state index is 12.3. The number of ether oxygens (including phenoxy) is 1. The first-order valence-electron chi connectivity index (χ1n) is 7.09. The molecule has 6 heteroatoms. The molecule has 2 unspecified atom stereocenters. The minimum absolute atomic E-state index is 0.0603. The van der Waals surface area contributed by atoms with Crippen molar-refractivity contribution in [2.75, 3.05) is 0 Å². The van der Waals surface area contributed by atoms with Crippen LogP contribution in [0.1, 0.15) is 34.6 Å². The van der Waals surface area contributed by atoms with Gasteiger partial charge in [0.05, 0.1) is 11.8 Å². The van der Waals surface area contributed by atoms with E-state index in [1.165, 1.54) is 0 Å². The first kappa shape index (κ1) is 15.5. The molecule has 0 saturated carbocycles. The number of carbonyl (C=O) groups excluding carboxylic acids is 3.